The first-order valence-corrected chi connectivity index (χ1v) is 7.91. The van der Waals surface area contributed by atoms with Gasteiger partial charge in [0.2, 0.25) is 0 Å². The zero-order chi connectivity index (χ0) is 17.9. The number of hydrogen-bond donors (Lipinski definition) is 1. The number of nitrogens with zero attached hydrogens (tertiary/aromatic N) is 2. The topological polar surface area (TPSA) is 48.7 Å². The number of alkyl halides is 3. The van der Waals surface area contributed by atoms with E-state index >= 15 is 0 Å². The standard InChI is InChI=1S/C17H18F3N3O2/c18-17(19,20)13-3-1-4-14(11-13)22-6-8-23(9-7-22)16(24)21-12-15-5-2-10-25-15/h1-5,10-11H,6-9,12H2,(H,21,24). The summed E-state index contributed by atoms with van der Waals surface area (Å²) in [4.78, 5) is 15.6. The Balaban J connectivity index is 1.54. The predicted molar refractivity (Wildman–Crippen MR) is 86.2 cm³/mol. The van der Waals surface area contributed by atoms with Crippen molar-refractivity contribution in [2.24, 2.45) is 0 Å². The smallest absolute Gasteiger partial charge is 0.416 e. The highest BCUT2D eigenvalue weighted by atomic mass is 19.4. The molecule has 2 amide bonds. The van der Waals surface area contributed by atoms with Crippen molar-refractivity contribution in [2.75, 3.05) is 31.1 Å². The molecule has 0 saturated carbocycles. The Morgan fingerprint density at radius 3 is 2.52 bits per heavy atom. The van der Waals surface area contributed by atoms with Gasteiger partial charge in [0, 0.05) is 31.9 Å². The molecule has 5 nitrogen and oxygen atoms in total. The lowest BCUT2D eigenvalue weighted by Crippen LogP contribution is -2.51. The highest BCUT2D eigenvalue weighted by Crippen LogP contribution is 2.31. The van der Waals surface area contributed by atoms with Crippen LogP contribution in [-0.2, 0) is 12.7 Å². The monoisotopic (exact) mass is 353 g/mol. The Morgan fingerprint density at radius 1 is 1.12 bits per heavy atom. The van der Waals surface area contributed by atoms with Crippen LogP contribution in [0.25, 0.3) is 0 Å². The number of rotatable bonds is 3. The van der Waals surface area contributed by atoms with E-state index < -0.39 is 11.7 Å². The van der Waals surface area contributed by atoms with Crippen LogP contribution in [0.2, 0.25) is 0 Å². The third-order valence-electron chi connectivity index (χ3n) is 4.10. The lowest BCUT2D eigenvalue weighted by atomic mass is 10.1. The molecule has 1 fully saturated rings. The molecule has 1 N–H and O–H groups in total. The predicted octanol–water partition coefficient (Wildman–Crippen LogP) is 3.33. The first-order chi connectivity index (χ1) is 11.9. The van der Waals surface area contributed by atoms with Crippen molar-refractivity contribution in [3.05, 3.63) is 54.0 Å². The number of furan rings is 1. The average Bonchev–Trinajstić information content (AvgIpc) is 3.13. The van der Waals surface area contributed by atoms with Gasteiger partial charge in [0.25, 0.3) is 0 Å². The van der Waals surface area contributed by atoms with Crippen LogP contribution in [0.1, 0.15) is 11.3 Å². The molecular weight excluding hydrogens is 335 g/mol. The van der Waals surface area contributed by atoms with Crippen LogP contribution in [0.5, 0.6) is 0 Å². The normalized spacial score (nSPS) is 15.3. The number of nitrogens with one attached hydrogen (secondary N) is 1. The minimum Gasteiger partial charge on any atom is -0.467 e. The van der Waals surface area contributed by atoms with Crippen LogP contribution in [0.3, 0.4) is 0 Å². The molecule has 0 atom stereocenters. The Morgan fingerprint density at radius 2 is 1.88 bits per heavy atom. The molecule has 134 valence electrons. The summed E-state index contributed by atoms with van der Waals surface area (Å²) in [6.45, 7) is 2.16. The van der Waals surface area contributed by atoms with E-state index in [1.165, 1.54) is 12.3 Å². The fourth-order valence-electron chi connectivity index (χ4n) is 2.73. The summed E-state index contributed by atoms with van der Waals surface area (Å²) >= 11 is 0. The molecule has 0 bridgehead atoms. The van der Waals surface area contributed by atoms with Crippen molar-refractivity contribution in [3.8, 4) is 0 Å². The maximum Gasteiger partial charge on any atom is 0.416 e. The summed E-state index contributed by atoms with van der Waals surface area (Å²) in [6, 6.07) is 8.57. The number of amides is 2. The number of anilines is 1. The molecule has 0 spiro atoms. The van der Waals surface area contributed by atoms with E-state index in [9.17, 15) is 18.0 Å². The van der Waals surface area contributed by atoms with Crippen LogP contribution >= 0.6 is 0 Å². The largest absolute Gasteiger partial charge is 0.467 e. The zero-order valence-electron chi connectivity index (χ0n) is 13.4. The molecule has 3 rings (SSSR count). The van der Waals surface area contributed by atoms with Crippen LogP contribution in [0.15, 0.2) is 47.1 Å². The van der Waals surface area contributed by atoms with Gasteiger partial charge in [0.15, 0.2) is 0 Å². The lowest BCUT2D eigenvalue weighted by Gasteiger charge is -2.36. The summed E-state index contributed by atoms with van der Waals surface area (Å²) < 4.78 is 43.6. The van der Waals surface area contributed by atoms with E-state index in [4.69, 9.17) is 4.42 Å². The molecule has 2 heterocycles. The van der Waals surface area contributed by atoms with Gasteiger partial charge < -0.3 is 19.5 Å². The minimum absolute atomic E-state index is 0.208. The number of carbonyl (C=O) groups is 1. The summed E-state index contributed by atoms with van der Waals surface area (Å²) in [6.07, 6.45) is -2.82. The number of benzene rings is 1. The molecule has 8 heteroatoms. The summed E-state index contributed by atoms with van der Waals surface area (Å²) in [7, 11) is 0. The van der Waals surface area contributed by atoms with E-state index in [-0.39, 0.29) is 6.03 Å². The third kappa shape index (κ3) is 4.26. The van der Waals surface area contributed by atoms with E-state index in [1.54, 1.807) is 23.1 Å². The first-order valence-electron chi connectivity index (χ1n) is 7.91. The van der Waals surface area contributed by atoms with Crippen LogP contribution in [0.4, 0.5) is 23.7 Å². The molecule has 0 aliphatic carbocycles. The zero-order valence-corrected chi connectivity index (χ0v) is 13.4. The van der Waals surface area contributed by atoms with Gasteiger partial charge in [-0.2, -0.15) is 13.2 Å². The number of urea groups is 1. The second-order valence-electron chi connectivity index (χ2n) is 5.76. The molecule has 1 aromatic heterocycles. The molecular formula is C17H18F3N3O2. The molecule has 0 unspecified atom stereocenters. The first kappa shape index (κ1) is 17.2. The summed E-state index contributed by atoms with van der Waals surface area (Å²) in [5.41, 5.74) is -0.144. The Kier molecular flexibility index (Phi) is 4.87. The van der Waals surface area contributed by atoms with Crippen molar-refractivity contribution >= 4 is 11.7 Å². The van der Waals surface area contributed by atoms with E-state index in [1.807, 2.05) is 4.90 Å². The fourth-order valence-corrected chi connectivity index (χ4v) is 2.73. The molecule has 1 saturated heterocycles. The number of carbonyl (C=O) groups excluding carboxylic acids is 1. The van der Waals surface area contributed by atoms with Crippen LogP contribution < -0.4 is 10.2 Å². The van der Waals surface area contributed by atoms with Crippen molar-refractivity contribution in [1.29, 1.82) is 0 Å². The van der Waals surface area contributed by atoms with Gasteiger partial charge in [-0.05, 0) is 30.3 Å². The van der Waals surface area contributed by atoms with Crippen molar-refractivity contribution in [3.63, 3.8) is 0 Å². The Bertz CT molecular complexity index is 708. The number of hydrogen-bond acceptors (Lipinski definition) is 3. The number of piperazine rings is 1. The quantitative estimate of drug-likeness (QED) is 0.921. The highest BCUT2D eigenvalue weighted by Gasteiger charge is 2.31. The van der Waals surface area contributed by atoms with E-state index in [0.717, 1.165) is 12.1 Å². The third-order valence-corrected chi connectivity index (χ3v) is 4.10. The van der Waals surface area contributed by atoms with Gasteiger partial charge >= 0.3 is 12.2 Å². The minimum atomic E-state index is -4.36. The average molecular weight is 353 g/mol. The van der Waals surface area contributed by atoms with Crippen molar-refractivity contribution in [2.45, 2.75) is 12.7 Å². The van der Waals surface area contributed by atoms with Crippen LogP contribution in [0, 0.1) is 0 Å². The van der Waals surface area contributed by atoms with Gasteiger partial charge in [-0.15, -0.1) is 0 Å². The SMILES string of the molecule is O=C(NCc1ccco1)N1CCN(c2cccc(C(F)(F)F)c2)CC1. The second-order valence-corrected chi connectivity index (χ2v) is 5.76. The van der Waals surface area contributed by atoms with Crippen LogP contribution in [-0.4, -0.2) is 37.1 Å². The van der Waals surface area contributed by atoms with Gasteiger partial charge in [-0.1, -0.05) is 6.07 Å². The highest BCUT2D eigenvalue weighted by molar-refractivity contribution is 5.74. The van der Waals surface area contributed by atoms with Gasteiger partial charge in [-0.25, -0.2) is 4.79 Å². The molecule has 25 heavy (non-hydrogen) atoms. The number of halogens is 3. The maximum absolute atomic E-state index is 12.8. The van der Waals surface area contributed by atoms with Gasteiger partial charge in [0.05, 0.1) is 18.4 Å². The Hall–Kier alpha value is -2.64. The lowest BCUT2D eigenvalue weighted by molar-refractivity contribution is -0.137. The molecule has 1 aliphatic rings. The van der Waals surface area contributed by atoms with Gasteiger partial charge in [0.1, 0.15) is 5.76 Å². The van der Waals surface area contributed by atoms with Gasteiger partial charge in [-0.3, -0.25) is 0 Å². The molecule has 2 aromatic rings. The van der Waals surface area contributed by atoms with Crippen molar-refractivity contribution in [1.82, 2.24) is 10.2 Å². The second kappa shape index (κ2) is 7.08. The maximum atomic E-state index is 12.8. The Labute approximate surface area is 143 Å². The van der Waals surface area contributed by atoms with E-state index in [0.29, 0.717) is 44.2 Å². The van der Waals surface area contributed by atoms with Crippen molar-refractivity contribution < 1.29 is 22.4 Å². The summed E-state index contributed by atoms with van der Waals surface area (Å²) in [5.74, 6) is 0.663. The van der Waals surface area contributed by atoms with E-state index in [2.05, 4.69) is 5.32 Å². The molecule has 0 radical (unpaired) electrons. The summed E-state index contributed by atoms with van der Waals surface area (Å²) in [5, 5.41) is 2.76. The molecule has 1 aromatic carbocycles. The fraction of sp³-hybridized carbons (Fsp3) is 0.353. The molecule has 1 aliphatic heterocycles.